The first-order valence-electron chi connectivity index (χ1n) is 8.46. The summed E-state index contributed by atoms with van der Waals surface area (Å²) in [5.41, 5.74) is 0.358. The van der Waals surface area contributed by atoms with Crippen LogP contribution in [0.1, 0.15) is 57.8 Å². The van der Waals surface area contributed by atoms with Gasteiger partial charge >= 0.3 is 0 Å². The third-order valence-corrected chi connectivity index (χ3v) is 7.39. The highest BCUT2D eigenvalue weighted by atomic mass is 16.5. The minimum atomic E-state index is 0.358. The smallest absolute Gasteiger partial charge is 0.0716 e. The van der Waals surface area contributed by atoms with Gasteiger partial charge in [0.25, 0.3) is 0 Å². The van der Waals surface area contributed by atoms with E-state index in [0.29, 0.717) is 5.60 Å². The van der Waals surface area contributed by atoms with Crippen LogP contribution >= 0.6 is 0 Å². The Kier molecular flexibility index (Phi) is 2.10. The standard InChI is InChI=1S/C17H26O/c1-3-17(4-2-11(1)10-18-17)16-14-6-12-5-13(8-14)9-15(16)7-12/h11-16H,1-10H2. The Morgan fingerprint density at radius 3 is 1.83 bits per heavy atom. The maximum absolute atomic E-state index is 6.49. The molecular formula is C17H26O. The molecule has 1 heteroatoms. The monoisotopic (exact) mass is 246 g/mol. The maximum atomic E-state index is 6.49. The lowest BCUT2D eigenvalue weighted by Crippen LogP contribution is -2.59. The Morgan fingerprint density at radius 1 is 0.722 bits per heavy atom. The summed E-state index contributed by atoms with van der Waals surface area (Å²) < 4.78 is 6.49. The van der Waals surface area contributed by atoms with E-state index < -0.39 is 0 Å². The highest BCUT2D eigenvalue weighted by molar-refractivity contribution is 5.08. The van der Waals surface area contributed by atoms with E-state index in [1.54, 1.807) is 32.1 Å². The van der Waals surface area contributed by atoms with Crippen molar-refractivity contribution in [1.29, 1.82) is 0 Å². The van der Waals surface area contributed by atoms with Crippen molar-refractivity contribution in [2.24, 2.45) is 35.5 Å². The van der Waals surface area contributed by atoms with Gasteiger partial charge in [0.1, 0.15) is 0 Å². The lowest BCUT2D eigenvalue weighted by Gasteiger charge is -2.62. The van der Waals surface area contributed by atoms with Crippen molar-refractivity contribution in [3.63, 3.8) is 0 Å². The van der Waals surface area contributed by atoms with Crippen LogP contribution in [0.3, 0.4) is 0 Å². The van der Waals surface area contributed by atoms with Gasteiger partial charge in [-0.15, -0.1) is 0 Å². The molecule has 0 N–H and O–H groups in total. The summed E-state index contributed by atoms with van der Waals surface area (Å²) in [5, 5.41) is 0. The lowest BCUT2D eigenvalue weighted by molar-refractivity contribution is -0.224. The molecule has 2 saturated heterocycles. The van der Waals surface area contributed by atoms with E-state index in [0.717, 1.165) is 42.1 Å². The van der Waals surface area contributed by atoms with Crippen molar-refractivity contribution in [3.8, 4) is 0 Å². The molecular weight excluding hydrogens is 220 g/mol. The molecule has 0 amide bonds. The Bertz CT molecular complexity index is 311. The number of hydrogen-bond acceptors (Lipinski definition) is 1. The Hall–Kier alpha value is -0.0400. The first-order valence-corrected chi connectivity index (χ1v) is 8.46. The average molecular weight is 246 g/mol. The molecule has 0 spiro atoms. The van der Waals surface area contributed by atoms with Gasteiger partial charge in [-0.25, -0.2) is 0 Å². The molecule has 100 valence electrons. The largest absolute Gasteiger partial charge is 0.374 e. The summed E-state index contributed by atoms with van der Waals surface area (Å²) in [5.74, 6) is 6.21. The number of fused-ring (bicyclic) bond motifs is 3. The van der Waals surface area contributed by atoms with Crippen LogP contribution in [0.4, 0.5) is 0 Å². The molecule has 0 aromatic heterocycles. The predicted octanol–water partition coefficient (Wildman–Crippen LogP) is 4.02. The summed E-state index contributed by atoms with van der Waals surface area (Å²) >= 11 is 0. The second kappa shape index (κ2) is 3.53. The maximum Gasteiger partial charge on any atom is 0.0716 e. The van der Waals surface area contributed by atoms with E-state index in [4.69, 9.17) is 4.74 Å². The van der Waals surface area contributed by atoms with Crippen molar-refractivity contribution >= 4 is 0 Å². The van der Waals surface area contributed by atoms with Crippen LogP contribution in [0.25, 0.3) is 0 Å². The van der Waals surface area contributed by atoms with E-state index >= 15 is 0 Å². The molecule has 0 atom stereocenters. The number of hydrogen-bond donors (Lipinski definition) is 0. The van der Waals surface area contributed by atoms with E-state index in [9.17, 15) is 0 Å². The van der Waals surface area contributed by atoms with Crippen LogP contribution in [0.2, 0.25) is 0 Å². The molecule has 6 bridgehead atoms. The second-order valence-electron chi connectivity index (χ2n) is 8.28. The molecule has 0 unspecified atom stereocenters. The van der Waals surface area contributed by atoms with Crippen molar-refractivity contribution < 1.29 is 4.74 Å². The van der Waals surface area contributed by atoms with Crippen LogP contribution in [0.15, 0.2) is 0 Å². The quantitative estimate of drug-likeness (QED) is 0.679. The molecule has 2 aliphatic heterocycles. The topological polar surface area (TPSA) is 9.23 Å². The summed E-state index contributed by atoms with van der Waals surface area (Å²) in [4.78, 5) is 0. The molecule has 2 heterocycles. The molecule has 5 aliphatic carbocycles. The molecule has 5 saturated carbocycles. The summed E-state index contributed by atoms with van der Waals surface area (Å²) in [7, 11) is 0. The minimum Gasteiger partial charge on any atom is -0.374 e. The van der Waals surface area contributed by atoms with Gasteiger partial charge in [-0.3, -0.25) is 0 Å². The summed E-state index contributed by atoms with van der Waals surface area (Å²) in [6, 6.07) is 0. The van der Waals surface area contributed by atoms with Crippen LogP contribution < -0.4 is 0 Å². The Balaban J connectivity index is 1.49. The van der Waals surface area contributed by atoms with E-state index in [2.05, 4.69) is 0 Å². The van der Waals surface area contributed by atoms with Gasteiger partial charge in [-0.2, -0.15) is 0 Å². The molecule has 0 aromatic carbocycles. The Morgan fingerprint density at radius 2 is 1.33 bits per heavy atom. The number of ether oxygens (including phenoxy) is 1. The first-order chi connectivity index (χ1) is 8.82. The van der Waals surface area contributed by atoms with Crippen molar-refractivity contribution in [2.75, 3.05) is 6.61 Å². The minimum absolute atomic E-state index is 0.358. The average Bonchev–Trinajstić information content (AvgIpc) is 2.39. The second-order valence-corrected chi connectivity index (χ2v) is 8.28. The van der Waals surface area contributed by atoms with Gasteiger partial charge in [-0.1, -0.05) is 0 Å². The van der Waals surface area contributed by atoms with Gasteiger partial charge in [0.2, 0.25) is 0 Å². The molecule has 1 nitrogen and oxygen atoms in total. The fourth-order valence-corrected chi connectivity index (χ4v) is 6.97. The fraction of sp³-hybridized carbons (Fsp3) is 1.00. The molecule has 7 aliphatic rings. The highest BCUT2D eigenvalue weighted by Gasteiger charge is 2.58. The van der Waals surface area contributed by atoms with Gasteiger partial charge in [0.05, 0.1) is 12.2 Å². The van der Waals surface area contributed by atoms with Crippen LogP contribution in [0, 0.1) is 35.5 Å². The highest BCUT2D eigenvalue weighted by Crippen LogP contribution is 2.62. The number of rotatable bonds is 1. The lowest BCUT2D eigenvalue weighted by atomic mass is 9.47. The molecule has 7 rings (SSSR count). The molecule has 0 radical (unpaired) electrons. The van der Waals surface area contributed by atoms with Crippen LogP contribution in [0.5, 0.6) is 0 Å². The normalized spacial score (nSPS) is 61.3. The molecule has 7 fully saturated rings. The zero-order valence-electron chi connectivity index (χ0n) is 11.4. The van der Waals surface area contributed by atoms with Crippen molar-refractivity contribution in [2.45, 2.75) is 63.4 Å². The third kappa shape index (κ3) is 1.32. The van der Waals surface area contributed by atoms with Gasteiger partial charge in [0, 0.05) is 0 Å². The van der Waals surface area contributed by atoms with E-state index in [1.165, 1.54) is 25.7 Å². The first kappa shape index (κ1) is 10.7. The van der Waals surface area contributed by atoms with Crippen LogP contribution in [-0.4, -0.2) is 12.2 Å². The predicted molar refractivity (Wildman–Crippen MR) is 71.2 cm³/mol. The molecule has 18 heavy (non-hydrogen) atoms. The summed E-state index contributed by atoms with van der Waals surface area (Å²) in [6.07, 6.45) is 13.6. The third-order valence-electron chi connectivity index (χ3n) is 7.39. The van der Waals surface area contributed by atoms with Crippen LogP contribution in [-0.2, 0) is 4.74 Å². The summed E-state index contributed by atoms with van der Waals surface area (Å²) in [6.45, 7) is 1.10. The van der Waals surface area contributed by atoms with E-state index in [1.807, 2.05) is 0 Å². The fourth-order valence-electron chi connectivity index (χ4n) is 6.97. The SMILES string of the molecule is C1CC2(C3C4CC5CC(C4)CC3C5)CCC1CO2. The van der Waals surface area contributed by atoms with Gasteiger partial charge < -0.3 is 4.74 Å². The van der Waals surface area contributed by atoms with Crippen molar-refractivity contribution in [1.82, 2.24) is 0 Å². The zero-order valence-corrected chi connectivity index (χ0v) is 11.4. The van der Waals surface area contributed by atoms with Gasteiger partial charge in [-0.05, 0) is 93.3 Å². The Labute approximate surface area is 111 Å². The van der Waals surface area contributed by atoms with Gasteiger partial charge in [0.15, 0.2) is 0 Å². The van der Waals surface area contributed by atoms with Crippen molar-refractivity contribution in [3.05, 3.63) is 0 Å². The molecule has 0 aromatic rings. The zero-order chi connectivity index (χ0) is 11.7. The van der Waals surface area contributed by atoms with E-state index in [-0.39, 0.29) is 0 Å².